The lowest BCUT2D eigenvalue weighted by Crippen LogP contribution is -2.24. The third-order valence-corrected chi connectivity index (χ3v) is 4.23. The van der Waals surface area contributed by atoms with Crippen molar-refractivity contribution in [3.63, 3.8) is 0 Å². The number of nitrogens with two attached hydrogens (primary N) is 2. The summed E-state index contributed by atoms with van der Waals surface area (Å²) in [7, 11) is -3.43. The summed E-state index contributed by atoms with van der Waals surface area (Å²) in [5.41, 5.74) is 11.0. The van der Waals surface area contributed by atoms with Gasteiger partial charge in [-0.15, -0.1) is 0 Å². The molecular weight excluding hydrogens is 334 g/mol. The van der Waals surface area contributed by atoms with Crippen molar-refractivity contribution < 1.29 is 13.2 Å². The highest BCUT2D eigenvalue weighted by atomic mass is 79.9. The number of rotatable bonds is 3. The van der Waals surface area contributed by atoms with Gasteiger partial charge in [-0.05, 0) is 40.0 Å². The molecule has 19 heavy (non-hydrogen) atoms. The zero-order valence-corrected chi connectivity index (χ0v) is 12.9. The highest BCUT2D eigenvalue weighted by molar-refractivity contribution is 9.10. The Morgan fingerprint density at radius 3 is 2.37 bits per heavy atom. The summed E-state index contributed by atoms with van der Waals surface area (Å²) in [5.74, 6) is -1.07. The molecule has 0 fully saturated rings. The van der Waals surface area contributed by atoms with E-state index in [9.17, 15) is 13.2 Å². The number of hydrogen-bond acceptors (Lipinski definition) is 3. The summed E-state index contributed by atoms with van der Waals surface area (Å²) in [6, 6.07) is 2.87. The number of benzene rings is 1. The molecule has 8 heteroatoms. The lowest BCUT2D eigenvalue weighted by atomic mass is 10.1. The molecule has 0 heterocycles. The first kappa shape index (κ1) is 15.6. The molecule has 1 amide bonds. The number of amides is 1. The van der Waals surface area contributed by atoms with Crippen LogP contribution in [0.3, 0.4) is 0 Å². The fraction of sp³-hybridized carbons (Fsp3) is 0.273. The van der Waals surface area contributed by atoms with E-state index in [1.54, 1.807) is 6.07 Å². The third kappa shape index (κ3) is 3.77. The van der Waals surface area contributed by atoms with Crippen molar-refractivity contribution in [2.24, 2.45) is 16.5 Å². The highest BCUT2D eigenvalue weighted by Crippen LogP contribution is 2.26. The van der Waals surface area contributed by atoms with Crippen LogP contribution in [0, 0.1) is 0 Å². The number of halogens is 1. The van der Waals surface area contributed by atoms with Gasteiger partial charge < -0.3 is 11.5 Å². The molecule has 0 spiro atoms. The zero-order chi connectivity index (χ0) is 14.8. The van der Waals surface area contributed by atoms with Crippen LogP contribution in [0.2, 0.25) is 0 Å². The lowest BCUT2D eigenvalue weighted by molar-refractivity contribution is 0.100. The Morgan fingerprint density at radius 2 is 1.95 bits per heavy atom. The maximum Gasteiger partial charge on any atom is 0.281 e. The molecule has 0 aliphatic heterocycles. The van der Waals surface area contributed by atoms with Crippen molar-refractivity contribution in [1.82, 2.24) is 0 Å². The Bertz CT molecular complexity index is 649. The van der Waals surface area contributed by atoms with E-state index in [0.717, 1.165) is 6.26 Å². The second-order valence-electron chi connectivity index (χ2n) is 3.91. The van der Waals surface area contributed by atoms with Gasteiger partial charge in [0.1, 0.15) is 0 Å². The van der Waals surface area contributed by atoms with Crippen molar-refractivity contribution in [2.45, 2.75) is 18.2 Å². The standard InChI is InChI=1S/C11H14BrN3O3S/c1-3-6-4-8(12)7(10(16)15-11(13)14)5-9(6)19(2,17)18/h4-5H,3H2,1-2H3,(H4,13,14,15,16). The monoisotopic (exact) mass is 347 g/mol. The van der Waals surface area contributed by atoms with E-state index in [1.165, 1.54) is 6.07 Å². The fourth-order valence-corrected chi connectivity index (χ4v) is 3.13. The number of carbonyl (C=O) groups excluding carboxylic acids is 1. The van der Waals surface area contributed by atoms with E-state index in [0.29, 0.717) is 16.5 Å². The molecule has 0 aliphatic rings. The van der Waals surface area contributed by atoms with Crippen LogP contribution in [0.25, 0.3) is 0 Å². The van der Waals surface area contributed by atoms with E-state index in [1.807, 2.05) is 6.92 Å². The number of guanidine groups is 1. The zero-order valence-electron chi connectivity index (χ0n) is 10.5. The summed E-state index contributed by atoms with van der Waals surface area (Å²) in [4.78, 5) is 15.3. The number of carbonyl (C=O) groups is 1. The number of aryl methyl sites for hydroxylation is 1. The van der Waals surface area contributed by atoms with E-state index in [2.05, 4.69) is 20.9 Å². The second kappa shape index (κ2) is 5.70. The van der Waals surface area contributed by atoms with Gasteiger partial charge in [0.05, 0.1) is 10.5 Å². The molecule has 4 N–H and O–H groups in total. The van der Waals surface area contributed by atoms with Crippen molar-refractivity contribution in [3.05, 3.63) is 27.7 Å². The van der Waals surface area contributed by atoms with E-state index in [4.69, 9.17) is 11.5 Å². The third-order valence-electron chi connectivity index (χ3n) is 2.39. The minimum atomic E-state index is -3.43. The molecule has 0 saturated heterocycles. The van der Waals surface area contributed by atoms with Gasteiger partial charge in [0.15, 0.2) is 15.8 Å². The lowest BCUT2D eigenvalue weighted by Gasteiger charge is -2.09. The smallest absolute Gasteiger partial charge is 0.281 e. The molecule has 0 atom stereocenters. The minimum Gasteiger partial charge on any atom is -0.370 e. The molecule has 0 bridgehead atoms. The van der Waals surface area contributed by atoms with Gasteiger partial charge in [-0.1, -0.05) is 6.92 Å². The predicted octanol–water partition coefficient (Wildman–Crippen LogP) is 0.829. The molecule has 1 aromatic carbocycles. The highest BCUT2D eigenvalue weighted by Gasteiger charge is 2.19. The van der Waals surface area contributed by atoms with Crippen molar-refractivity contribution in [1.29, 1.82) is 0 Å². The summed E-state index contributed by atoms with van der Waals surface area (Å²) >= 11 is 3.21. The molecule has 0 aromatic heterocycles. The quantitative estimate of drug-likeness (QED) is 0.620. The Hall–Kier alpha value is -1.41. The maximum absolute atomic E-state index is 11.8. The SMILES string of the molecule is CCc1cc(Br)c(C(=O)N=C(N)N)cc1S(C)(=O)=O. The molecule has 0 unspecified atom stereocenters. The number of aliphatic imine (C=N–C) groups is 1. The van der Waals surface area contributed by atoms with Gasteiger partial charge in [-0.2, -0.15) is 4.99 Å². The van der Waals surface area contributed by atoms with Crippen LogP contribution >= 0.6 is 15.9 Å². The predicted molar refractivity (Wildman–Crippen MR) is 76.8 cm³/mol. The van der Waals surface area contributed by atoms with E-state index >= 15 is 0 Å². The number of nitrogens with zero attached hydrogens (tertiary/aromatic N) is 1. The van der Waals surface area contributed by atoms with Gasteiger partial charge >= 0.3 is 0 Å². The van der Waals surface area contributed by atoms with E-state index in [-0.39, 0.29) is 16.4 Å². The second-order valence-corrected chi connectivity index (χ2v) is 6.75. The van der Waals surface area contributed by atoms with Crippen molar-refractivity contribution in [3.8, 4) is 0 Å². The Labute approximate surface area is 119 Å². The molecule has 0 aliphatic carbocycles. The Morgan fingerprint density at radius 1 is 1.37 bits per heavy atom. The summed E-state index contributed by atoms with van der Waals surface area (Å²) < 4.78 is 23.9. The summed E-state index contributed by atoms with van der Waals surface area (Å²) in [6.07, 6.45) is 1.61. The topological polar surface area (TPSA) is 116 Å². The molecule has 104 valence electrons. The first-order valence-corrected chi connectivity index (χ1v) is 8.01. The van der Waals surface area contributed by atoms with Gasteiger partial charge in [-0.3, -0.25) is 4.79 Å². The Balaban J connectivity index is 3.53. The largest absolute Gasteiger partial charge is 0.370 e. The molecule has 0 radical (unpaired) electrons. The molecule has 1 aromatic rings. The van der Waals surface area contributed by atoms with Crippen LogP contribution in [-0.2, 0) is 16.3 Å². The van der Waals surface area contributed by atoms with E-state index < -0.39 is 15.7 Å². The van der Waals surface area contributed by atoms with Crippen LogP contribution in [-0.4, -0.2) is 26.5 Å². The van der Waals surface area contributed by atoms with Crippen LogP contribution in [0.15, 0.2) is 26.5 Å². The molecule has 1 rings (SSSR count). The Kier molecular flexibility index (Phi) is 4.70. The normalized spacial score (nSPS) is 11.1. The maximum atomic E-state index is 11.8. The molecule has 0 saturated carbocycles. The summed E-state index contributed by atoms with van der Waals surface area (Å²) in [6.45, 7) is 1.83. The summed E-state index contributed by atoms with van der Waals surface area (Å²) in [5, 5.41) is 0. The minimum absolute atomic E-state index is 0.103. The number of sulfone groups is 1. The van der Waals surface area contributed by atoms with Crippen molar-refractivity contribution >= 4 is 37.6 Å². The first-order chi connectivity index (χ1) is 8.66. The van der Waals surface area contributed by atoms with Gasteiger partial charge in [-0.25, -0.2) is 8.42 Å². The molecule has 6 nitrogen and oxygen atoms in total. The van der Waals surface area contributed by atoms with Gasteiger partial charge in [0.25, 0.3) is 5.91 Å². The van der Waals surface area contributed by atoms with Crippen LogP contribution in [0.5, 0.6) is 0 Å². The first-order valence-electron chi connectivity index (χ1n) is 5.33. The van der Waals surface area contributed by atoms with Gasteiger partial charge in [0, 0.05) is 10.7 Å². The fourth-order valence-electron chi connectivity index (χ4n) is 1.56. The average molecular weight is 348 g/mol. The van der Waals surface area contributed by atoms with Crippen LogP contribution < -0.4 is 11.5 Å². The van der Waals surface area contributed by atoms with Crippen molar-refractivity contribution in [2.75, 3.05) is 6.26 Å². The van der Waals surface area contributed by atoms with Crippen LogP contribution in [0.1, 0.15) is 22.8 Å². The number of hydrogen-bond donors (Lipinski definition) is 2. The molecular formula is C11H14BrN3O3S. The van der Waals surface area contributed by atoms with Crippen LogP contribution in [0.4, 0.5) is 0 Å². The average Bonchev–Trinajstić information content (AvgIpc) is 2.25. The van der Waals surface area contributed by atoms with Gasteiger partial charge in [0.2, 0.25) is 0 Å².